The van der Waals surface area contributed by atoms with E-state index in [9.17, 15) is 9.59 Å². The molecule has 0 saturated heterocycles. The Morgan fingerprint density at radius 3 is 2.78 bits per heavy atom. The number of nitrogens with zero attached hydrogens (tertiary/aromatic N) is 2. The molecule has 1 heterocycles. The van der Waals surface area contributed by atoms with E-state index < -0.39 is 0 Å². The van der Waals surface area contributed by atoms with Gasteiger partial charge in [-0.1, -0.05) is 13.3 Å². The van der Waals surface area contributed by atoms with Gasteiger partial charge in [0.05, 0.1) is 5.69 Å². The molecule has 0 aromatic carbocycles. The van der Waals surface area contributed by atoms with Gasteiger partial charge in [0.1, 0.15) is 0 Å². The van der Waals surface area contributed by atoms with Crippen LogP contribution < -0.4 is 16.0 Å². The van der Waals surface area contributed by atoms with Crippen LogP contribution in [0.4, 0.5) is 10.5 Å². The molecule has 3 amide bonds. The summed E-state index contributed by atoms with van der Waals surface area (Å²) in [5.41, 5.74) is 0.594. The van der Waals surface area contributed by atoms with Gasteiger partial charge in [0.15, 0.2) is 5.69 Å². The molecule has 3 N–H and O–H groups in total. The first-order valence-electron chi connectivity index (χ1n) is 5.89. The Morgan fingerprint density at radius 2 is 2.17 bits per heavy atom. The quantitative estimate of drug-likeness (QED) is 0.675. The maximum Gasteiger partial charge on any atom is 0.319 e. The van der Waals surface area contributed by atoms with Crippen molar-refractivity contribution in [2.75, 3.05) is 18.9 Å². The standard InChI is InChI=1S/C11H19N5O2/c1-4-5-6-13-11(18)14-8-7-16(3)15-9(8)10(17)12-2/h7H,4-6H2,1-3H3,(H,12,17)(H2,13,14,18). The first-order valence-corrected chi connectivity index (χ1v) is 5.89. The van der Waals surface area contributed by atoms with Gasteiger partial charge in [-0.05, 0) is 6.42 Å². The molecule has 0 atom stereocenters. The van der Waals surface area contributed by atoms with E-state index in [-0.39, 0.29) is 17.6 Å². The predicted octanol–water partition coefficient (Wildman–Crippen LogP) is 0.701. The number of carbonyl (C=O) groups is 2. The van der Waals surface area contributed by atoms with E-state index in [1.807, 2.05) is 6.92 Å². The summed E-state index contributed by atoms with van der Waals surface area (Å²) < 4.78 is 1.48. The minimum absolute atomic E-state index is 0.200. The average Bonchev–Trinajstić information content (AvgIpc) is 2.69. The minimum atomic E-state index is -0.334. The number of nitrogens with one attached hydrogen (secondary N) is 3. The van der Waals surface area contributed by atoms with Gasteiger partial charge in [-0.25, -0.2) is 4.79 Å². The molecule has 1 aromatic heterocycles. The van der Waals surface area contributed by atoms with Gasteiger partial charge in [-0.15, -0.1) is 0 Å². The lowest BCUT2D eigenvalue weighted by molar-refractivity contribution is 0.0958. The number of anilines is 1. The van der Waals surface area contributed by atoms with Crippen molar-refractivity contribution in [2.24, 2.45) is 7.05 Å². The van der Waals surface area contributed by atoms with Crippen molar-refractivity contribution in [2.45, 2.75) is 19.8 Å². The molecule has 0 radical (unpaired) electrons. The largest absolute Gasteiger partial charge is 0.354 e. The highest BCUT2D eigenvalue weighted by atomic mass is 16.2. The van der Waals surface area contributed by atoms with Crippen molar-refractivity contribution >= 4 is 17.6 Å². The molecule has 7 heteroatoms. The first-order chi connectivity index (χ1) is 8.58. The van der Waals surface area contributed by atoms with E-state index in [1.54, 1.807) is 13.2 Å². The van der Waals surface area contributed by atoms with Crippen LogP contribution in [0.1, 0.15) is 30.3 Å². The Labute approximate surface area is 106 Å². The highest BCUT2D eigenvalue weighted by molar-refractivity contribution is 6.01. The fraction of sp³-hybridized carbons (Fsp3) is 0.545. The van der Waals surface area contributed by atoms with Gasteiger partial charge >= 0.3 is 6.03 Å². The Balaban J connectivity index is 2.66. The number of amides is 3. The van der Waals surface area contributed by atoms with Crippen LogP contribution in [0.15, 0.2) is 6.20 Å². The molecular formula is C11H19N5O2. The normalized spacial score (nSPS) is 9.94. The minimum Gasteiger partial charge on any atom is -0.354 e. The van der Waals surface area contributed by atoms with Crippen LogP contribution in [-0.2, 0) is 7.05 Å². The summed E-state index contributed by atoms with van der Waals surface area (Å²) in [6.07, 6.45) is 3.52. The van der Waals surface area contributed by atoms with Crippen LogP contribution in [0.2, 0.25) is 0 Å². The van der Waals surface area contributed by atoms with Crippen LogP contribution in [0.3, 0.4) is 0 Å². The summed E-state index contributed by atoms with van der Waals surface area (Å²) in [6, 6.07) is -0.332. The second-order valence-corrected chi connectivity index (χ2v) is 3.88. The van der Waals surface area contributed by atoms with Gasteiger partial charge in [-0.3, -0.25) is 9.48 Å². The topological polar surface area (TPSA) is 88.1 Å². The molecule has 1 rings (SSSR count). The zero-order valence-corrected chi connectivity index (χ0v) is 10.9. The SMILES string of the molecule is CCCCNC(=O)Nc1cn(C)nc1C(=O)NC. The highest BCUT2D eigenvalue weighted by Crippen LogP contribution is 2.12. The van der Waals surface area contributed by atoms with Crippen LogP contribution >= 0.6 is 0 Å². The molecule has 0 aliphatic rings. The van der Waals surface area contributed by atoms with Crippen LogP contribution in [0.5, 0.6) is 0 Å². The van der Waals surface area contributed by atoms with Crippen molar-refractivity contribution in [3.63, 3.8) is 0 Å². The highest BCUT2D eigenvalue weighted by Gasteiger charge is 2.16. The van der Waals surface area contributed by atoms with Gasteiger partial charge in [-0.2, -0.15) is 5.10 Å². The molecule has 0 saturated carbocycles. The monoisotopic (exact) mass is 253 g/mol. The first kappa shape index (κ1) is 14.0. The maximum absolute atomic E-state index is 11.6. The molecule has 0 fully saturated rings. The van der Waals surface area contributed by atoms with Gasteiger partial charge in [0.2, 0.25) is 0 Å². The van der Waals surface area contributed by atoms with Crippen molar-refractivity contribution in [3.8, 4) is 0 Å². The number of aryl methyl sites for hydroxylation is 1. The summed E-state index contributed by atoms with van der Waals surface area (Å²) in [6.45, 7) is 2.66. The average molecular weight is 253 g/mol. The number of rotatable bonds is 5. The number of hydrogen-bond acceptors (Lipinski definition) is 3. The zero-order valence-electron chi connectivity index (χ0n) is 10.9. The fourth-order valence-corrected chi connectivity index (χ4v) is 1.41. The van der Waals surface area contributed by atoms with Crippen molar-refractivity contribution in [3.05, 3.63) is 11.9 Å². The second kappa shape index (κ2) is 6.63. The molecule has 7 nitrogen and oxygen atoms in total. The van der Waals surface area contributed by atoms with Crippen LogP contribution in [0, 0.1) is 0 Å². The van der Waals surface area contributed by atoms with Crippen molar-refractivity contribution < 1.29 is 9.59 Å². The summed E-state index contributed by atoms with van der Waals surface area (Å²) >= 11 is 0. The molecule has 0 bridgehead atoms. The zero-order chi connectivity index (χ0) is 13.5. The lowest BCUT2D eigenvalue weighted by Crippen LogP contribution is -2.30. The summed E-state index contributed by atoms with van der Waals surface area (Å²) in [7, 11) is 3.20. The molecule has 0 spiro atoms. The van der Waals surface area contributed by atoms with E-state index in [2.05, 4.69) is 21.0 Å². The third-order valence-corrected chi connectivity index (χ3v) is 2.34. The smallest absolute Gasteiger partial charge is 0.319 e. The number of aromatic nitrogens is 2. The van der Waals surface area contributed by atoms with E-state index in [1.165, 1.54) is 11.7 Å². The summed E-state index contributed by atoms with van der Waals surface area (Å²) in [5.74, 6) is -0.334. The van der Waals surface area contributed by atoms with E-state index in [0.29, 0.717) is 12.2 Å². The Bertz CT molecular complexity index is 427. The molecule has 100 valence electrons. The third-order valence-electron chi connectivity index (χ3n) is 2.34. The predicted molar refractivity (Wildman–Crippen MR) is 68.5 cm³/mol. The van der Waals surface area contributed by atoms with Gasteiger partial charge in [0, 0.05) is 26.8 Å². The van der Waals surface area contributed by atoms with E-state index in [4.69, 9.17) is 0 Å². The molecule has 18 heavy (non-hydrogen) atoms. The Morgan fingerprint density at radius 1 is 1.44 bits per heavy atom. The lowest BCUT2D eigenvalue weighted by atomic mass is 10.3. The maximum atomic E-state index is 11.6. The second-order valence-electron chi connectivity index (χ2n) is 3.88. The molecular weight excluding hydrogens is 234 g/mol. The van der Waals surface area contributed by atoms with E-state index in [0.717, 1.165) is 12.8 Å². The van der Waals surface area contributed by atoms with Crippen LogP contribution in [-0.4, -0.2) is 35.3 Å². The summed E-state index contributed by atoms with van der Waals surface area (Å²) in [4.78, 5) is 23.1. The molecule has 1 aromatic rings. The van der Waals surface area contributed by atoms with Crippen molar-refractivity contribution in [1.82, 2.24) is 20.4 Å². The lowest BCUT2D eigenvalue weighted by Gasteiger charge is -2.06. The van der Waals surface area contributed by atoms with Gasteiger partial charge in [0.25, 0.3) is 5.91 Å². The summed E-state index contributed by atoms with van der Waals surface area (Å²) in [5, 5.41) is 11.8. The van der Waals surface area contributed by atoms with E-state index >= 15 is 0 Å². The number of urea groups is 1. The number of unbranched alkanes of at least 4 members (excludes halogenated alkanes) is 1. The Hall–Kier alpha value is -2.05. The fourth-order valence-electron chi connectivity index (χ4n) is 1.41. The molecule has 0 unspecified atom stereocenters. The third kappa shape index (κ3) is 3.76. The number of hydrogen-bond donors (Lipinski definition) is 3. The Kier molecular flexibility index (Phi) is 5.16. The number of carbonyl (C=O) groups excluding carboxylic acids is 2. The molecule has 0 aliphatic carbocycles. The van der Waals surface area contributed by atoms with Gasteiger partial charge < -0.3 is 16.0 Å². The van der Waals surface area contributed by atoms with Crippen LogP contribution in [0.25, 0.3) is 0 Å². The molecule has 0 aliphatic heterocycles. The van der Waals surface area contributed by atoms with Crippen molar-refractivity contribution in [1.29, 1.82) is 0 Å².